The molecule has 0 spiro atoms. The van der Waals surface area contributed by atoms with E-state index < -0.39 is 0 Å². The van der Waals surface area contributed by atoms with E-state index in [1.165, 1.54) is 49.7 Å². The zero-order valence-electron chi connectivity index (χ0n) is 15.8. The molecule has 26 heavy (non-hydrogen) atoms. The van der Waals surface area contributed by atoms with Crippen molar-refractivity contribution in [1.29, 1.82) is 0 Å². The van der Waals surface area contributed by atoms with Crippen LogP contribution in [0, 0.1) is 0 Å². The van der Waals surface area contributed by atoms with Crippen LogP contribution in [0.1, 0.15) is 62.5 Å². The van der Waals surface area contributed by atoms with Gasteiger partial charge < -0.3 is 20.5 Å². The maximum Gasteiger partial charge on any atom is 0.189 e. The Morgan fingerprint density at radius 1 is 1.08 bits per heavy atom. The number of nitrogens with one attached hydrogen (secondary N) is 1. The third-order valence-corrected chi connectivity index (χ3v) is 5.28. The van der Waals surface area contributed by atoms with E-state index in [0.717, 1.165) is 26.1 Å². The van der Waals surface area contributed by atoms with Gasteiger partial charge in [-0.15, -0.1) is 0 Å². The van der Waals surface area contributed by atoms with Crippen molar-refractivity contribution >= 4 is 5.96 Å². The van der Waals surface area contributed by atoms with Crippen LogP contribution >= 0.6 is 0 Å². The Labute approximate surface area is 157 Å². The number of nitrogens with zero attached hydrogens (tertiary/aromatic N) is 1. The predicted octanol–water partition coefficient (Wildman–Crippen LogP) is 3.51. The lowest BCUT2D eigenvalue weighted by Crippen LogP contribution is -2.39. The fraction of sp³-hybridized carbons (Fsp3) is 0.667. The Hall–Kier alpha value is -1.59. The lowest BCUT2D eigenvalue weighted by atomic mass is 10.1. The SMILES string of the molecule is NC(=NCc1cccc(COC2CCOCC2)c1)NC1CCCCCC1. The molecule has 3 rings (SSSR count). The van der Waals surface area contributed by atoms with E-state index in [2.05, 4.69) is 34.6 Å². The fourth-order valence-corrected chi connectivity index (χ4v) is 3.73. The van der Waals surface area contributed by atoms with Crippen molar-refractivity contribution in [1.82, 2.24) is 5.32 Å². The van der Waals surface area contributed by atoms with E-state index in [9.17, 15) is 0 Å². The average molecular weight is 360 g/mol. The Morgan fingerprint density at radius 3 is 2.58 bits per heavy atom. The van der Waals surface area contributed by atoms with Crippen LogP contribution in [0.15, 0.2) is 29.3 Å². The minimum Gasteiger partial charge on any atom is -0.381 e. The van der Waals surface area contributed by atoms with Crippen LogP contribution in [0.4, 0.5) is 0 Å². The Balaban J connectivity index is 1.46. The van der Waals surface area contributed by atoms with Crippen molar-refractivity contribution in [2.75, 3.05) is 13.2 Å². The van der Waals surface area contributed by atoms with Crippen molar-refractivity contribution < 1.29 is 9.47 Å². The molecule has 0 atom stereocenters. The molecule has 1 aliphatic carbocycles. The summed E-state index contributed by atoms with van der Waals surface area (Å²) in [6.45, 7) is 2.88. The summed E-state index contributed by atoms with van der Waals surface area (Å²) in [5, 5.41) is 3.40. The highest BCUT2D eigenvalue weighted by Gasteiger charge is 2.14. The summed E-state index contributed by atoms with van der Waals surface area (Å²) >= 11 is 0. The summed E-state index contributed by atoms with van der Waals surface area (Å²) in [4.78, 5) is 4.54. The number of hydrogen-bond donors (Lipinski definition) is 2. The highest BCUT2D eigenvalue weighted by Crippen LogP contribution is 2.17. The molecule has 0 radical (unpaired) electrons. The molecule has 5 heteroatoms. The van der Waals surface area contributed by atoms with E-state index in [1.54, 1.807) is 0 Å². The molecule has 1 aromatic carbocycles. The first-order valence-electron chi connectivity index (χ1n) is 10.1. The Kier molecular flexibility index (Phi) is 7.77. The molecule has 1 saturated heterocycles. The average Bonchev–Trinajstić information content (AvgIpc) is 2.95. The van der Waals surface area contributed by atoms with Gasteiger partial charge in [0.05, 0.1) is 19.3 Å². The molecule has 144 valence electrons. The minimum absolute atomic E-state index is 0.324. The zero-order chi connectivity index (χ0) is 18.0. The molecule has 3 N–H and O–H groups in total. The van der Waals surface area contributed by atoms with Crippen molar-refractivity contribution in [2.24, 2.45) is 10.7 Å². The number of aliphatic imine (C=N–C) groups is 1. The highest BCUT2D eigenvalue weighted by atomic mass is 16.5. The first kappa shape index (κ1) is 19.2. The largest absolute Gasteiger partial charge is 0.381 e. The molecule has 2 fully saturated rings. The number of ether oxygens (including phenoxy) is 2. The summed E-state index contributed by atoms with van der Waals surface area (Å²) in [5.41, 5.74) is 8.46. The van der Waals surface area contributed by atoms with Crippen LogP contribution < -0.4 is 11.1 Å². The summed E-state index contributed by atoms with van der Waals surface area (Å²) in [5.74, 6) is 0.570. The van der Waals surface area contributed by atoms with Gasteiger partial charge in [-0.3, -0.25) is 0 Å². The summed E-state index contributed by atoms with van der Waals surface area (Å²) < 4.78 is 11.4. The van der Waals surface area contributed by atoms with Gasteiger partial charge in [-0.1, -0.05) is 49.9 Å². The number of rotatable bonds is 6. The molecule has 0 aromatic heterocycles. The summed E-state index contributed by atoms with van der Waals surface area (Å²) in [6.07, 6.45) is 9.99. The number of guanidine groups is 1. The maximum atomic E-state index is 6.10. The topological polar surface area (TPSA) is 68.9 Å². The second-order valence-corrected chi connectivity index (χ2v) is 7.48. The van der Waals surface area contributed by atoms with E-state index >= 15 is 0 Å². The van der Waals surface area contributed by atoms with Gasteiger partial charge in [-0.05, 0) is 36.8 Å². The number of hydrogen-bond acceptors (Lipinski definition) is 3. The van der Waals surface area contributed by atoms with Crippen molar-refractivity contribution in [3.8, 4) is 0 Å². The molecular weight excluding hydrogens is 326 g/mol. The second-order valence-electron chi connectivity index (χ2n) is 7.48. The second kappa shape index (κ2) is 10.5. The van der Waals surface area contributed by atoms with E-state index in [-0.39, 0.29) is 0 Å². The molecule has 1 aliphatic heterocycles. The third-order valence-electron chi connectivity index (χ3n) is 5.28. The van der Waals surface area contributed by atoms with E-state index in [1.807, 2.05) is 0 Å². The van der Waals surface area contributed by atoms with Crippen molar-refractivity contribution in [3.05, 3.63) is 35.4 Å². The minimum atomic E-state index is 0.324. The first-order chi connectivity index (χ1) is 12.8. The van der Waals surface area contributed by atoms with Gasteiger partial charge >= 0.3 is 0 Å². The molecular formula is C21H33N3O2. The van der Waals surface area contributed by atoms with Crippen LogP contribution in [-0.2, 0) is 22.6 Å². The van der Waals surface area contributed by atoms with Crippen LogP contribution in [0.3, 0.4) is 0 Å². The predicted molar refractivity (Wildman–Crippen MR) is 105 cm³/mol. The van der Waals surface area contributed by atoms with Gasteiger partial charge in [0.15, 0.2) is 5.96 Å². The molecule has 1 aromatic rings. The monoisotopic (exact) mass is 359 g/mol. The van der Waals surface area contributed by atoms with Crippen LogP contribution in [0.2, 0.25) is 0 Å². The van der Waals surface area contributed by atoms with Gasteiger partial charge in [0, 0.05) is 19.3 Å². The standard InChI is InChI=1S/C21H33N3O2/c22-21(24-19-8-3-1-2-4-9-19)23-15-17-6-5-7-18(14-17)16-26-20-10-12-25-13-11-20/h5-7,14,19-20H,1-4,8-13,15-16H2,(H3,22,23,24). The number of benzene rings is 1. The maximum absolute atomic E-state index is 6.10. The Bertz CT molecular complexity index is 562. The third kappa shape index (κ3) is 6.61. The number of nitrogens with two attached hydrogens (primary N) is 1. The van der Waals surface area contributed by atoms with Gasteiger partial charge in [-0.25, -0.2) is 4.99 Å². The zero-order valence-corrected chi connectivity index (χ0v) is 15.8. The smallest absolute Gasteiger partial charge is 0.189 e. The molecule has 2 aliphatic rings. The molecule has 1 saturated carbocycles. The van der Waals surface area contributed by atoms with Gasteiger partial charge in [0.25, 0.3) is 0 Å². The molecule has 5 nitrogen and oxygen atoms in total. The van der Waals surface area contributed by atoms with Gasteiger partial charge in [0.1, 0.15) is 0 Å². The van der Waals surface area contributed by atoms with Crippen molar-refractivity contribution in [3.63, 3.8) is 0 Å². The summed E-state index contributed by atoms with van der Waals surface area (Å²) in [6, 6.07) is 8.94. The van der Waals surface area contributed by atoms with Crippen LogP contribution in [0.5, 0.6) is 0 Å². The fourth-order valence-electron chi connectivity index (χ4n) is 3.73. The van der Waals surface area contributed by atoms with Gasteiger partial charge in [-0.2, -0.15) is 0 Å². The molecule has 0 unspecified atom stereocenters. The van der Waals surface area contributed by atoms with Crippen LogP contribution in [-0.4, -0.2) is 31.3 Å². The lowest BCUT2D eigenvalue weighted by Gasteiger charge is -2.22. The Morgan fingerprint density at radius 2 is 1.81 bits per heavy atom. The highest BCUT2D eigenvalue weighted by molar-refractivity contribution is 5.78. The van der Waals surface area contributed by atoms with E-state index in [4.69, 9.17) is 15.2 Å². The van der Waals surface area contributed by atoms with Gasteiger partial charge in [0.2, 0.25) is 0 Å². The normalized spacial score (nSPS) is 20.7. The first-order valence-corrected chi connectivity index (χ1v) is 10.1. The quantitative estimate of drug-likeness (QED) is 0.463. The molecule has 1 heterocycles. The van der Waals surface area contributed by atoms with Crippen molar-refractivity contribution in [2.45, 2.75) is 76.7 Å². The van der Waals surface area contributed by atoms with E-state index in [0.29, 0.717) is 31.3 Å². The van der Waals surface area contributed by atoms with Crippen LogP contribution in [0.25, 0.3) is 0 Å². The summed E-state index contributed by atoms with van der Waals surface area (Å²) in [7, 11) is 0. The lowest BCUT2D eigenvalue weighted by molar-refractivity contribution is -0.0390. The molecule has 0 amide bonds. The molecule has 0 bridgehead atoms.